The lowest BCUT2D eigenvalue weighted by Gasteiger charge is -2.21. The van der Waals surface area contributed by atoms with Crippen LogP contribution < -0.4 is 16.7 Å². The van der Waals surface area contributed by atoms with Crippen LogP contribution in [0.2, 0.25) is 0 Å². The number of rotatable bonds is 6. The lowest BCUT2D eigenvalue weighted by atomic mass is 10.1. The smallest absolute Gasteiger partial charge is 0.330 e. The van der Waals surface area contributed by atoms with Crippen molar-refractivity contribution in [3.63, 3.8) is 0 Å². The Kier molecular flexibility index (Phi) is 5.26. The van der Waals surface area contributed by atoms with E-state index in [1.807, 2.05) is 6.92 Å². The average molecular weight is 301 g/mol. The molecule has 21 heavy (non-hydrogen) atoms. The van der Waals surface area contributed by atoms with Gasteiger partial charge in [-0.2, -0.15) is 0 Å². The highest BCUT2D eigenvalue weighted by Crippen LogP contribution is 2.29. The molecule has 0 radical (unpaired) electrons. The first-order valence-corrected chi connectivity index (χ1v) is 6.72. The largest absolute Gasteiger partial charge is 0.394 e. The molecule has 9 heteroatoms. The van der Waals surface area contributed by atoms with Gasteiger partial charge < -0.3 is 14.9 Å². The molecule has 1 saturated heterocycles. The first-order chi connectivity index (χ1) is 10.1. The van der Waals surface area contributed by atoms with Gasteiger partial charge in [-0.15, -0.1) is 0 Å². The van der Waals surface area contributed by atoms with Crippen molar-refractivity contribution in [3.8, 4) is 0 Å². The quantitative estimate of drug-likeness (QED) is 0.357. The molecule has 1 aromatic rings. The van der Waals surface area contributed by atoms with Gasteiger partial charge in [0.25, 0.3) is 5.56 Å². The van der Waals surface area contributed by atoms with Gasteiger partial charge in [-0.25, -0.2) is 10.3 Å². The molecule has 0 bridgehead atoms. The summed E-state index contributed by atoms with van der Waals surface area (Å²) in [5, 5.41) is 19.3. The van der Waals surface area contributed by atoms with Gasteiger partial charge >= 0.3 is 5.69 Å². The molecule has 1 aliphatic rings. The molecular formula is C12H19N3O6. The van der Waals surface area contributed by atoms with Crippen LogP contribution in [-0.2, 0) is 9.57 Å². The van der Waals surface area contributed by atoms with Crippen molar-refractivity contribution in [3.05, 3.63) is 33.1 Å². The summed E-state index contributed by atoms with van der Waals surface area (Å²) in [6.07, 6.45) is -1.75. The Morgan fingerprint density at radius 1 is 1.52 bits per heavy atom. The monoisotopic (exact) mass is 301 g/mol. The number of H-pyrrole nitrogens is 1. The topological polar surface area (TPSA) is 126 Å². The molecule has 118 valence electrons. The molecule has 4 N–H and O–H groups in total. The molecule has 0 aromatic carbocycles. The lowest BCUT2D eigenvalue weighted by Crippen LogP contribution is -2.42. The van der Waals surface area contributed by atoms with Gasteiger partial charge in [-0.3, -0.25) is 19.2 Å². The number of nitrogens with zero attached hydrogens (tertiary/aromatic N) is 1. The second kappa shape index (κ2) is 6.96. The van der Waals surface area contributed by atoms with Crippen LogP contribution in [0.5, 0.6) is 0 Å². The van der Waals surface area contributed by atoms with Gasteiger partial charge in [-0.05, 0) is 6.42 Å². The summed E-state index contributed by atoms with van der Waals surface area (Å²) in [6.45, 7) is 2.09. The molecule has 4 atom stereocenters. The standard InChI is InChI=1S/C12H19N3O6/c1-2-4-13-21-10-9(18)7(6-16)20-11(10)15-5-3-8(17)14-12(15)19/h3,5,7,9-11,13,16,18H,2,4,6H2,1H3,(H,14,17,19)/t7-,9?,10?,11-/m0/s1. The summed E-state index contributed by atoms with van der Waals surface area (Å²) in [4.78, 5) is 30.4. The number of hydroxylamine groups is 1. The fourth-order valence-corrected chi connectivity index (χ4v) is 2.10. The Hall–Kier alpha value is -1.52. The van der Waals surface area contributed by atoms with E-state index in [2.05, 4.69) is 10.5 Å². The van der Waals surface area contributed by atoms with E-state index in [4.69, 9.17) is 9.57 Å². The van der Waals surface area contributed by atoms with Crippen molar-refractivity contribution in [2.45, 2.75) is 37.9 Å². The van der Waals surface area contributed by atoms with E-state index in [0.717, 1.165) is 11.0 Å². The minimum Gasteiger partial charge on any atom is -0.394 e. The van der Waals surface area contributed by atoms with Crippen molar-refractivity contribution in [2.75, 3.05) is 13.2 Å². The van der Waals surface area contributed by atoms with Crippen molar-refractivity contribution in [1.82, 2.24) is 15.0 Å². The molecular weight excluding hydrogens is 282 g/mol. The Morgan fingerprint density at radius 3 is 2.90 bits per heavy atom. The van der Waals surface area contributed by atoms with Crippen LogP contribution in [-0.4, -0.2) is 51.2 Å². The summed E-state index contributed by atoms with van der Waals surface area (Å²) < 4.78 is 6.56. The third kappa shape index (κ3) is 3.39. The fraction of sp³-hybridized carbons (Fsp3) is 0.667. The Balaban J connectivity index is 2.25. The highest BCUT2D eigenvalue weighted by molar-refractivity contribution is 4.93. The van der Waals surface area contributed by atoms with E-state index >= 15 is 0 Å². The van der Waals surface area contributed by atoms with E-state index in [1.54, 1.807) is 0 Å². The number of nitrogens with one attached hydrogen (secondary N) is 2. The van der Waals surface area contributed by atoms with Gasteiger partial charge in [0.2, 0.25) is 0 Å². The van der Waals surface area contributed by atoms with E-state index in [1.165, 1.54) is 12.3 Å². The predicted octanol–water partition coefficient (Wildman–Crippen LogP) is -1.91. The maximum Gasteiger partial charge on any atom is 0.330 e. The second-order valence-electron chi connectivity index (χ2n) is 4.73. The molecule has 2 unspecified atom stereocenters. The molecule has 1 fully saturated rings. The highest BCUT2D eigenvalue weighted by Gasteiger charge is 2.46. The third-order valence-electron chi connectivity index (χ3n) is 3.19. The number of aliphatic hydroxyl groups is 2. The van der Waals surface area contributed by atoms with Gasteiger partial charge in [0.1, 0.15) is 12.2 Å². The van der Waals surface area contributed by atoms with E-state index in [-0.39, 0.29) is 0 Å². The zero-order chi connectivity index (χ0) is 15.4. The molecule has 2 rings (SSSR count). The van der Waals surface area contributed by atoms with Gasteiger partial charge in [0.15, 0.2) is 12.3 Å². The number of aromatic amines is 1. The molecule has 2 heterocycles. The second-order valence-corrected chi connectivity index (χ2v) is 4.73. The molecule has 1 aliphatic heterocycles. The van der Waals surface area contributed by atoms with Crippen LogP contribution in [0.3, 0.4) is 0 Å². The predicted molar refractivity (Wildman–Crippen MR) is 71.5 cm³/mol. The van der Waals surface area contributed by atoms with Crippen molar-refractivity contribution in [1.29, 1.82) is 0 Å². The average Bonchev–Trinajstić information content (AvgIpc) is 2.76. The SMILES string of the molecule is CCCNOC1C(O)[C@H](CO)O[C@@H]1n1ccc(=O)[nH]c1=O. The van der Waals surface area contributed by atoms with Crippen molar-refractivity contribution < 1.29 is 19.8 Å². The van der Waals surface area contributed by atoms with Crippen molar-refractivity contribution in [2.24, 2.45) is 0 Å². The summed E-state index contributed by atoms with van der Waals surface area (Å²) in [5.74, 6) is 0. The van der Waals surface area contributed by atoms with E-state index < -0.39 is 42.4 Å². The first kappa shape index (κ1) is 15.9. The zero-order valence-electron chi connectivity index (χ0n) is 11.6. The normalized spacial score (nSPS) is 28.9. The van der Waals surface area contributed by atoms with E-state index in [9.17, 15) is 19.8 Å². The Morgan fingerprint density at radius 2 is 2.29 bits per heavy atom. The van der Waals surface area contributed by atoms with Crippen LogP contribution in [0.4, 0.5) is 0 Å². The summed E-state index contributed by atoms with van der Waals surface area (Å²) in [7, 11) is 0. The number of ether oxygens (including phenoxy) is 1. The van der Waals surface area contributed by atoms with Crippen LogP contribution in [0.1, 0.15) is 19.6 Å². The molecule has 0 aliphatic carbocycles. The molecule has 0 saturated carbocycles. The van der Waals surface area contributed by atoms with Gasteiger partial charge in [-0.1, -0.05) is 6.92 Å². The number of hydrogen-bond donors (Lipinski definition) is 4. The lowest BCUT2D eigenvalue weighted by molar-refractivity contribution is -0.111. The van der Waals surface area contributed by atoms with Crippen LogP contribution in [0, 0.1) is 0 Å². The van der Waals surface area contributed by atoms with Gasteiger partial charge in [0.05, 0.1) is 6.61 Å². The Bertz CT molecular complexity index is 571. The summed E-state index contributed by atoms with van der Waals surface area (Å²) >= 11 is 0. The number of hydrogen-bond acceptors (Lipinski definition) is 7. The summed E-state index contributed by atoms with van der Waals surface area (Å²) in [5.41, 5.74) is 1.46. The Labute approximate surface area is 120 Å². The molecule has 0 amide bonds. The third-order valence-corrected chi connectivity index (χ3v) is 3.19. The minimum absolute atomic E-state index is 0.413. The zero-order valence-corrected chi connectivity index (χ0v) is 11.6. The molecule has 9 nitrogen and oxygen atoms in total. The maximum atomic E-state index is 11.8. The fourth-order valence-electron chi connectivity index (χ4n) is 2.10. The molecule has 0 spiro atoms. The van der Waals surface area contributed by atoms with Crippen LogP contribution >= 0.6 is 0 Å². The van der Waals surface area contributed by atoms with Crippen LogP contribution in [0.15, 0.2) is 21.9 Å². The maximum absolute atomic E-state index is 11.8. The molecule has 1 aromatic heterocycles. The number of aliphatic hydroxyl groups excluding tert-OH is 2. The van der Waals surface area contributed by atoms with Gasteiger partial charge in [0, 0.05) is 18.8 Å². The highest BCUT2D eigenvalue weighted by atomic mass is 16.7. The minimum atomic E-state index is -1.11. The van der Waals surface area contributed by atoms with Crippen molar-refractivity contribution >= 4 is 0 Å². The first-order valence-electron chi connectivity index (χ1n) is 6.72. The van der Waals surface area contributed by atoms with E-state index in [0.29, 0.717) is 6.54 Å². The number of aromatic nitrogens is 2. The van der Waals surface area contributed by atoms with Crippen LogP contribution in [0.25, 0.3) is 0 Å². The summed E-state index contributed by atoms with van der Waals surface area (Å²) in [6, 6.07) is 1.17.